The second kappa shape index (κ2) is 10.3. The molecule has 2 aliphatic rings. The highest BCUT2D eigenvalue weighted by molar-refractivity contribution is 5.82. The van der Waals surface area contributed by atoms with Crippen molar-refractivity contribution in [2.24, 2.45) is 5.92 Å². The lowest BCUT2D eigenvalue weighted by molar-refractivity contribution is -0.186. The molecule has 1 aliphatic carbocycles. The summed E-state index contributed by atoms with van der Waals surface area (Å²) >= 11 is 0. The zero-order valence-electron chi connectivity index (χ0n) is 19.7. The number of benzene rings is 1. The molecule has 1 aromatic carbocycles. The molecule has 1 saturated carbocycles. The van der Waals surface area contributed by atoms with Gasteiger partial charge in [-0.1, -0.05) is 31.7 Å². The van der Waals surface area contributed by atoms with Gasteiger partial charge in [0.05, 0.1) is 37.8 Å². The third kappa shape index (κ3) is 5.62. The topological polar surface area (TPSA) is 71.7 Å². The highest BCUT2D eigenvalue weighted by Crippen LogP contribution is 2.38. The van der Waals surface area contributed by atoms with E-state index >= 15 is 0 Å². The first kappa shape index (κ1) is 25.1. The van der Waals surface area contributed by atoms with Gasteiger partial charge in [-0.05, 0) is 37.0 Å². The van der Waals surface area contributed by atoms with Crippen LogP contribution < -0.4 is 15.4 Å². The summed E-state index contributed by atoms with van der Waals surface area (Å²) in [5, 5.41) is 0. The van der Waals surface area contributed by atoms with Crippen LogP contribution in [0, 0.1) is 11.7 Å². The standard InChI is InChI=1S/C25H30F4N4O2/c1-35-23-8-4-7-22-19(23)15-32(24(34)25(27,28)29)14-18(10-9-16-5-2-3-6-16)33(22)13-17-11-21(30)20(26)12-31-17/h4,7-8,11-12,16,18H,2-3,5-6,9-10,13-15H2,1H3,(H2,30,31)/t18-/m0/s1. The molecule has 2 N–H and O–H groups in total. The van der Waals surface area contributed by atoms with Gasteiger partial charge in [-0.25, -0.2) is 4.39 Å². The molecular formula is C25H30F4N4O2. The van der Waals surface area contributed by atoms with Gasteiger partial charge in [0.25, 0.3) is 0 Å². The minimum atomic E-state index is -4.99. The van der Waals surface area contributed by atoms with Gasteiger partial charge in [-0.2, -0.15) is 13.2 Å². The molecule has 1 fully saturated rings. The third-order valence-electron chi connectivity index (χ3n) is 7.05. The number of aromatic nitrogens is 1. The third-order valence-corrected chi connectivity index (χ3v) is 7.05. The summed E-state index contributed by atoms with van der Waals surface area (Å²) in [5.74, 6) is -1.58. The van der Waals surface area contributed by atoms with E-state index in [1.54, 1.807) is 12.1 Å². The molecule has 1 aromatic heterocycles. The van der Waals surface area contributed by atoms with Gasteiger partial charge in [0.1, 0.15) is 5.75 Å². The van der Waals surface area contributed by atoms with Gasteiger partial charge in [-0.3, -0.25) is 9.78 Å². The van der Waals surface area contributed by atoms with E-state index in [1.807, 2.05) is 11.0 Å². The monoisotopic (exact) mass is 494 g/mol. The molecule has 0 radical (unpaired) electrons. The molecule has 0 saturated heterocycles. The van der Waals surface area contributed by atoms with E-state index in [9.17, 15) is 22.4 Å². The van der Waals surface area contributed by atoms with Crippen LogP contribution >= 0.6 is 0 Å². The number of anilines is 2. The zero-order valence-corrected chi connectivity index (χ0v) is 19.7. The molecule has 10 heteroatoms. The maximum atomic E-state index is 13.7. The molecule has 35 heavy (non-hydrogen) atoms. The van der Waals surface area contributed by atoms with E-state index in [0.717, 1.165) is 43.2 Å². The summed E-state index contributed by atoms with van der Waals surface area (Å²) in [6.07, 6.45) is 2.07. The summed E-state index contributed by atoms with van der Waals surface area (Å²) in [5.41, 5.74) is 7.35. The molecule has 0 unspecified atom stereocenters. The Hall–Kier alpha value is -3.04. The van der Waals surface area contributed by atoms with E-state index in [1.165, 1.54) is 13.2 Å². The van der Waals surface area contributed by atoms with Crippen LogP contribution in [0.5, 0.6) is 5.75 Å². The predicted octanol–water partition coefficient (Wildman–Crippen LogP) is 5.06. The first-order valence-electron chi connectivity index (χ1n) is 11.9. The number of carbonyl (C=O) groups excluding carboxylic acids is 1. The lowest BCUT2D eigenvalue weighted by Crippen LogP contribution is -2.47. The first-order chi connectivity index (χ1) is 16.7. The lowest BCUT2D eigenvalue weighted by Gasteiger charge is -2.35. The Labute approximate surface area is 202 Å². The van der Waals surface area contributed by atoms with Gasteiger partial charge in [0, 0.05) is 23.8 Å². The highest BCUT2D eigenvalue weighted by Gasteiger charge is 2.45. The number of halogens is 4. The lowest BCUT2D eigenvalue weighted by atomic mass is 9.97. The molecule has 2 aromatic rings. The van der Waals surface area contributed by atoms with Crippen molar-refractivity contribution in [2.45, 2.75) is 63.8 Å². The number of methoxy groups -OCH3 is 1. The molecule has 1 atom stereocenters. The number of nitrogens with two attached hydrogens (primary N) is 1. The van der Waals surface area contributed by atoms with Crippen molar-refractivity contribution in [2.75, 3.05) is 24.3 Å². The zero-order chi connectivity index (χ0) is 25.2. The number of alkyl halides is 3. The molecule has 1 amide bonds. The average Bonchev–Trinajstić information content (AvgIpc) is 3.29. The fourth-order valence-electron chi connectivity index (χ4n) is 5.26. The number of ether oxygens (including phenoxy) is 1. The molecule has 4 rings (SSSR count). The predicted molar refractivity (Wildman–Crippen MR) is 124 cm³/mol. The maximum Gasteiger partial charge on any atom is 0.471 e. The Morgan fingerprint density at radius 2 is 1.97 bits per heavy atom. The summed E-state index contributed by atoms with van der Waals surface area (Å²) in [6, 6.07) is 6.29. The molecule has 0 spiro atoms. The van der Waals surface area contributed by atoms with Crippen molar-refractivity contribution in [1.82, 2.24) is 9.88 Å². The smallest absolute Gasteiger partial charge is 0.471 e. The van der Waals surface area contributed by atoms with Gasteiger partial charge >= 0.3 is 12.1 Å². The van der Waals surface area contributed by atoms with Gasteiger partial charge in [0.15, 0.2) is 5.82 Å². The average molecular weight is 495 g/mol. The fourth-order valence-corrected chi connectivity index (χ4v) is 5.26. The van der Waals surface area contributed by atoms with Crippen molar-refractivity contribution in [3.63, 3.8) is 0 Å². The minimum absolute atomic E-state index is 0.0490. The second-order valence-corrected chi connectivity index (χ2v) is 9.35. The number of nitrogens with zero attached hydrogens (tertiary/aromatic N) is 3. The van der Waals surface area contributed by atoms with Crippen LogP contribution in [0.2, 0.25) is 0 Å². The second-order valence-electron chi connectivity index (χ2n) is 9.35. The van der Waals surface area contributed by atoms with Crippen LogP contribution in [0.15, 0.2) is 30.5 Å². The number of amides is 1. The Bertz CT molecular complexity index is 1060. The molecule has 190 valence electrons. The molecule has 2 heterocycles. The molecule has 0 bridgehead atoms. The van der Waals surface area contributed by atoms with Crippen LogP contribution in [0.3, 0.4) is 0 Å². The van der Waals surface area contributed by atoms with Crippen molar-refractivity contribution in [3.8, 4) is 5.75 Å². The highest BCUT2D eigenvalue weighted by atomic mass is 19.4. The van der Waals surface area contributed by atoms with Gasteiger partial charge in [-0.15, -0.1) is 0 Å². The summed E-state index contributed by atoms with van der Waals surface area (Å²) < 4.78 is 59.7. The van der Waals surface area contributed by atoms with E-state index in [-0.39, 0.29) is 25.3 Å². The maximum absolute atomic E-state index is 13.7. The van der Waals surface area contributed by atoms with E-state index in [4.69, 9.17) is 10.5 Å². The number of carbonyl (C=O) groups is 1. The number of nitrogen functional groups attached to an aromatic ring is 1. The molecular weight excluding hydrogens is 464 g/mol. The first-order valence-corrected chi connectivity index (χ1v) is 11.9. The van der Waals surface area contributed by atoms with Crippen molar-refractivity contribution in [3.05, 3.63) is 47.5 Å². The Morgan fingerprint density at radius 3 is 2.63 bits per heavy atom. The number of pyridine rings is 1. The fraction of sp³-hybridized carbons (Fsp3) is 0.520. The Morgan fingerprint density at radius 1 is 1.23 bits per heavy atom. The molecule has 6 nitrogen and oxygen atoms in total. The number of fused-ring (bicyclic) bond motifs is 1. The van der Waals surface area contributed by atoms with Crippen LogP contribution in [0.4, 0.5) is 28.9 Å². The summed E-state index contributed by atoms with van der Waals surface area (Å²) in [6.45, 7) is -0.124. The number of rotatable bonds is 6. The SMILES string of the molecule is COc1cccc2c1CN(C(=O)C(F)(F)F)C[C@H](CCC1CCCC1)N2Cc1cc(N)c(F)cn1. The van der Waals surface area contributed by atoms with Crippen LogP contribution in [0.25, 0.3) is 0 Å². The summed E-state index contributed by atoms with van der Waals surface area (Å²) in [7, 11) is 1.45. The van der Waals surface area contributed by atoms with E-state index in [0.29, 0.717) is 35.0 Å². The van der Waals surface area contributed by atoms with Gasteiger partial charge in [0.2, 0.25) is 0 Å². The normalized spacial score (nSPS) is 18.9. The van der Waals surface area contributed by atoms with Crippen LogP contribution in [-0.4, -0.2) is 41.7 Å². The number of hydrogen-bond donors (Lipinski definition) is 1. The molecule has 1 aliphatic heterocycles. The van der Waals surface area contributed by atoms with Crippen molar-refractivity contribution in [1.29, 1.82) is 0 Å². The Kier molecular flexibility index (Phi) is 7.37. The van der Waals surface area contributed by atoms with Crippen LogP contribution in [0.1, 0.15) is 49.8 Å². The van der Waals surface area contributed by atoms with E-state index in [2.05, 4.69) is 4.98 Å². The Balaban J connectivity index is 1.75. The quantitative estimate of drug-likeness (QED) is 0.569. The van der Waals surface area contributed by atoms with Crippen molar-refractivity contribution >= 4 is 17.3 Å². The van der Waals surface area contributed by atoms with E-state index < -0.39 is 23.9 Å². The summed E-state index contributed by atoms with van der Waals surface area (Å²) in [4.78, 5) is 19.4. The van der Waals surface area contributed by atoms with Crippen molar-refractivity contribution < 1.29 is 27.1 Å². The van der Waals surface area contributed by atoms with Crippen LogP contribution in [-0.2, 0) is 17.9 Å². The van der Waals surface area contributed by atoms with Gasteiger partial charge < -0.3 is 20.3 Å². The number of hydrogen-bond acceptors (Lipinski definition) is 5. The minimum Gasteiger partial charge on any atom is -0.496 e. The largest absolute Gasteiger partial charge is 0.496 e.